The summed E-state index contributed by atoms with van der Waals surface area (Å²) in [6.45, 7) is 12.3. The monoisotopic (exact) mass is 269 g/mol. The van der Waals surface area contributed by atoms with Gasteiger partial charge in [-0.2, -0.15) is 0 Å². The highest BCUT2D eigenvalue weighted by atomic mass is 16.5. The van der Waals surface area contributed by atoms with E-state index in [1.165, 1.54) is 44.9 Å². The van der Waals surface area contributed by atoms with Crippen LogP contribution < -0.4 is 5.32 Å². The zero-order valence-electron chi connectivity index (χ0n) is 13.8. The summed E-state index contributed by atoms with van der Waals surface area (Å²) >= 11 is 0. The Morgan fingerprint density at radius 2 is 1.79 bits per heavy atom. The molecule has 1 saturated carbocycles. The third kappa shape index (κ3) is 5.83. The van der Waals surface area contributed by atoms with Crippen LogP contribution in [0.1, 0.15) is 79.6 Å². The van der Waals surface area contributed by atoms with E-state index in [-0.39, 0.29) is 5.60 Å². The average molecular weight is 269 g/mol. The second kappa shape index (κ2) is 8.26. The van der Waals surface area contributed by atoms with Crippen molar-refractivity contribution in [2.75, 3.05) is 6.54 Å². The molecule has 0 aliphatic heterocycles. The molecule has 1 N–H and O–H groups in total. The summed E-state index contributed by atoms with van der Waals surface area (Å²) in [5.41, 5.74) is 0.102. The fourth-order valence-corrected chi connectivity index (χ4v) is 3.23. The number of rotatable bonds is 8. The minimum absolute atomic E-state index is 0.102. The highest BCUT2D eigenvalue weighted by Crippen LogP contribution is 2.37. The maximum Gasteiger partial charge on any atom is 0.0810 e. The molecule has 0 bridgehead atoms. The van der Waals surface area contributed by atoms with Crippen LogP contribution in [0.25, 0.3) is 0 Å². The lowest BCUT2D eigenvalue weighted by atomic mass is 9.77. The van der Waals surface area contributed by atoms with Gasteiger partial charge < -0.3 is 10.1 Å². The predicted octanol–water partition coefficient (Wildman–Crippen LogP) is 4.53. The van der Waals surface area contributed by atoms with Crippen molar-refractivity contribution in [3.63, 3.8) is 0 Å². The van der Waals surface area contributed by atoms with Gasteiger partial charge in [0.15, 0.2) is 0 Å². The van der Waals surface area contributed by atoms with E-state index in [2.05, 4.69) is 39.9 Å². The van der Waals surface area contributed by atoms with Crippen LogP contribution in [0.15, 0.2) is 0 Å². The van der Waals surface area contributed by atoms with Crippen molar-refractivity contribution in [2.24, 2.45) is 5.92 Å². The van der Waals surface area contributed by atoms with Gasteiger partial charge in [-0.05, 0) is 44.9 Å². The summed E-state index contributed by atoms with van der Waals surface area (Å²) in [7, 11) is 0. The summed E-state index contributed by atoms with van der Waals surface area (Å²) in [5.74, 6) is 0.928. The Balaban J connectivity index is 2.57. The maximum absolute atomic E-state index is 6.50. The van der Waals surface area contributed by atoms with Crippen molar-refractivity contribution < 1.29 is 4.74 Å². The fourth-order valence-electron chi connectivity index (χ4n) is 3.23. The molecule has 0 aromatic heterocycles. The Kier molecular flexibility index (Phi) is 7.38. The van der Waals surface area contributed by atoms with E-state index in [0.29, 0.717) is 12.1 Å². The Morgan fingerprint density at radius 3 is 2.26 bits per heavy atom. The van der Waals surface area contributed by atoms with Gasteiger partial charge in [0.05, 0.1) is 11.7 Å². The van der Waals surface area contributed by atoms with Crippen molar-refractivity contribution in [3.8, 4) is 0 Å². The second-order valence-corrected chi connectivity index (χ2v) is 6.79. The summed E-state index contributed by atoms with van der Waals surface area (Å²) in [6.07, 6.45) is 9.28. The van der Waals surface area contributed by atoms with E-state index in [1.807, 2.05) is 0 Å². The molecule has 1 unspecified atom stereocenters. The van der Waals surface area contributed by atoms with Crippen molar-refractivity contribution in [2.45, 2.75) is 97.3 Å². The molecule has 0 radical (unpaired) electrons. The molecular formula is C17H35NO. The molecule has 0 aromatic rings. The molecule has 1 rings (SSSR count). The summed E-state index contributed by atoms with van der Waals surface area (Å²) < 4.78 is 6.50. The first kappa shape index (κ1) is 17.0. The van der Waals surface area contributed by atoms with E-state index < -0.39 is 0 Å². The summed E-state index contributed by atoms with van der Waals surface area (Å²) in [6, 6.07) is 0.547. The normalized spacial score (nSPS) is 29.7. The van der Waals surface area contributed by atoms with Crippen LogP contribution >= 0.6 is 0 Å². The molecule has 2 nitrogen and oxygen atoms in total. The lowest BCUT2D eigenvalue weighted by Gasteiger charge is -2.42. The third-order valence-electron chi connectivity index (χ3n) is 4.57. The summed E-state index contributed by atoms with van der Waals surface area (Å²) in [5, 5.41) is 3.61. The van der Waals surface area contributed by atoms with Crippen molar-refractivity contribution in [3.05, 3.63) is 0 Å². The van der Waals surface area contributed by atoms with Crippen molar-refractivity contribution >= 4 is 0 Å². The Morgan fingerprint density at radius 1 is 1.16 bits per heavy atom. The largest absolute Gasteiger partial charge is 0.371 e. The molecule has 0 amide bonds. The van der Waals surface area contributed by atoms with Crippen LogP contribution in [-0.2, 0) is 4.74 Å². The predicted molar refractivity (Wildman–Crippen MR) is 83.6 cm³/mol. The number of ether oxygens (including phenoxy) is 1. The lowest BCUT2D eigenvalue weighted by Crippen LogP contribution is -2.49. The van der Waals surface area contributed by atoms with Crippen LogP contribution in [0.2, 0.25) is 0 Å². The third-order valence-corrected chi connectivity index (χ3v) is 4.57. The van der Waals surface area contributed by atoms with Gasteiger partial charge in [0.1, 0.15) is 0 Å². The Hall–Kier alpha value is -0.0800. The van der Waals surface area contributed by atoms with Gasteiger partial charge in [0.25, 0.3) is 0 Å². The number of nitrogens with one attached hydrogen (secondary N) is 1. The minimum atomic E-state index is 0.102. The van der Waals surface area contributed by atoms with Gasteiger partial charge in [0, 0.05) is 12.6 Å². The number of hydrogen-bond donors (Lipinski definition) is 1. The van der Waals surface area contributed by atoms with E-state index in [1.54, 1.807) is 0 Å². The minimum Gasteiger partial charge on any atom is -0.371 e. The molecule has 0 heterocycles. The quantitative estimate of drug-likeness (QED) is 0.699. The van der Waals surface area contributed by atoms with Gasteiger partial charge in [-0.25, -0.2) is 0 Å². The Labute approximate surface area is 120 Å². The van der Waals surface area contributed by atoms with Crippen LogP contribution in [0.5, 0.6) is 0 Å². The fraction of sp³-hybridized carbons (Fsp3) is 1.00. The summed E-state index contributed by atoms with van der Waals surface area (Å²) in [4.78, 5) is 0. The maximum atomic E-state index is 6.50. The standard InChI is InChI=1S/C17H35NO/c1-6-8-15(5)19-17(13-18-14(3)4)11-9-16(7-2)10-12-17/h14-16,18H,6-13H2,1-5H3. The molecule has 1 fully saturated rings. The molecule has 2 heteroatoms. The second-order valence-electron chi connectivity index (χ2n) is 6.79. The molecule has 1 atom stereocenters. The van der Waals surface area contributed by atoms with Gasteiger partial charge >= 0.3 is 0 Å². The van der Waals surface area contributed by atoms with Gasteiger partial charge in [-0.15, -0.1) is 0 Å². The molecule has 1 aliphatic rings. The van der Waals surface area contributed by atoms with E-state index in [9.17, 15) is 0 Å². The zero-order valence-corrected chi connectivity index (χ0v) is 13.8. The van der Waals surface area contributed by atoms with Gasteiger partial charge in [-0.3, -0.25) is 0 Å². The zero-order chi connectivity index (χ0) is 14.3. The average Bonchev–Trinajstić information content (AvgIpc) is 2.38. The van der Waals surface area contributed by atoms with Crippen LogP contribution in [0.4, 0.5) is 0 Å². The molecule has 0 aromatic carbocycles. The highest BCUT2D eigenvalue weighted by Gasteiger charge is 2.36. The van der Waals surface area contributed by atoms with Gasteiger partial charge in [-0.1, -0.05) is 40.5 Å². The van der Waals surface area contributed by atoms with Gasteiger partial charge in [0.2, 0.25) is 0 Å². The SMILES string of the molecule is CCCC(C)OC1(CNC(C)C)CCC(CC)CC1. The first-order valence-corrected chi connectivity index (χ1v) is 8.42. The molecule has 0 spiro atoms. The molecule has 19 heavy (non-hydrogen) atoms. The van der Waals surface area contributed by atoms with Crippen LogP contribution in [0.3, 0.4) is 0 Å². The molecule has 114 valence electrons. The first-order valence-electron chi connectivity index (χ1n) is 8.42. The van der Waals surface area contributed by atoms with E-state index in [0.717, 1.165) is 12.5 Å². The molecular weight excluding hydrogens is 234 g/mol. The Bertz CT molecular complexity index is 231. The van der Waals surface area contributed by atoms with Crippen LogP contribution in [-0.4, -0.2) is 24.3 Å². The highest BCUT2D eigenvalue weighted by molar-refractivity contribution is 4.90. The number of hydrogen-bond acceptors (Lipinski definition) is 2. The van der Waals surface area contributed by atoms with E-state index in [4.69, 9.17) is 4.74 Å². The van der Waals surface area contributed by atoms with Crippen molar-refractivity contribution in [1.29, 1.82) is 0 Å². The van der Waals surface area contributed by atoms with Crippen LogP contribution in [0, 0.1) is 5.92 Å². The molecule has 1 aliphatic carbocycles. The lowest BCUT2D eigenvalue weighted by molar-refractivity contribution is -0.115. The molecule has 0 saturated heterocycles. The first-order chi connectivity index (χ1) is 9.01. The smallest absolute Gasteiger partial charge is 0.0810 e. The topological polar surface area (TPSA) is 21.3 Å². The van der Waals surface area contributed by atoms with E-state index >= 15 is 0 Å². The van der Waals surface area contributed by atoms with Crippen molar-refractivity contribution in [1.82, 2.24) is 5.32 Å².